The number of non-ortho nitro benzene ring substituents is 1. The quantitative estimate of drug-likeness (QED) is 0.300. The van der Waals surface area contributed by atoms with Crippen LogP contribution in [0.25, 0.3) is 0 Å². The van der Waals surface area contributed by atoms with Gasteiger partial charge in [-0.05, 0) is 36.5 Å². The van der Waals surface area contributed by atoms with Crippen molar-refractivity contribution < 1.29 is 19.2 Å². The first-order valence-corrected chi connectivity index (χ1v) is 9.38. The van der Waals surface area contributed by atoms with Crippen molar-refractivity contribution in [2.45, 2.75) is 39.2 Å². The summed E-state index contributed by atoms with van der Waals surface area (Å²) in [4.78, 5) is 34.4. The van der Waals surface area contributed by atoms with Crippen molar-refractivity contribution in [1.29, 1.82) is 0 Å². The average Bonchev–Trinajstić information content (AvgIpc) is 2.68. The zero-order valence-electron chi connectivity index (χ0n) is 16.0. The highest BCUT2D eigenvalue weighted by Crippen LogP contribution is 2.29. The van der Waals surface area contributed by atoms with Crippen LogP contribution in [0.4, 0.5) is 5.69 Å². The summed E-state index contributed by atoms with van der Waals surface area (Å²) in [5, 5.41) is 14.5. The van der Waals surface area contributed by atoms with Gasteiger partial charge in [-0.25, -0.2) is 4.79 Å². The van der Waals surface area contributed by atoms with E-state index in [1.54, 1.807) is 0 Å². The zero-order valence-corrected chi connectivity index (χ0v) is 16.8. The number of nitrogens with zero attached hydrogens (tertiary/aromatic N) is 1. The monoisotopic (exact) mass is 408 g/mol. The first-order chi connectivity index (χ1) is 13.2. The predicted molar refractivity (Wildman–Crippen MR) is 107 cm³/mol. The largest absolute Gasteiger partial charge is 0.465 e. The number of benzene rings is 1. The third-order valence-corrected chi connectivity index (χ3v) is 5.34. The molecule has 3 atom stereocenters. The minimum absolute atomic E-state index is 0.0652. The van der Waals surface area contributed by atoms with E-state index in [0.29, 0.717) is 11.8 Å². The molecular weight excluding hydrogens is 384 g/mol. The van der Waals surface area contributed by atoms with Gasteiger partial charge in [-0.1, -0.05) is 26.7 Å². The van der Waals surface area contributed by atoms with Crippen LogP contribution in [0.3, 0.4) is 0 Å². The number of thiocarbonyl (C=S) groups is 1. The Morgan fingerprint density at radius 2 is 1.86 bits per heavy atom. The molecule has 0 bridgehead atoms. The Balaban J connectivity index is 2.02. The second-order valence-corrected chi connectivity index (χ2v) is 7.35. The normalized spacial score (nSPS) is 21.3. The standard InChI is InChI=1S/C18H24N4O5S/c1-10-5-4-6-15(11(10)2)19-18(28)21-20-16(23)12-7-13(17(24)27-3)9-14(8-12)22(25)26/h7-11,15H,4-6H2,1-3H3,(H,20,23)(H2,19,21,28)/t10-,11+,15+/m0/s1. The lowest BCUT2D eigenvalue weighted by Crippen LogP contribution is -2.52. The van der Waals surface area contributed by atoms with E-state index in [1.807, 2.05) is 0 Å². The number of hydrazine groups is 1. The van der Waals surface area contributed by atoms with E-state index >= 15 is 0 Å². The van der Waals surface area contributed by atoms with Gasteiger partial charge in [0.25, 0.3) is 11.6 Å². The predicted octanol–water partition coefficient (Wildman–Crippen LogP) is 2.31. The molecule has 28 heavy (non-hydrogen) atoms. The Labute approximate surface area is 168 Å². The Bertz CT molecular complexity index is 785. The molecule has 1 fully saturated rings. The van der Waals surface area contributed by atoms with Gasteiger partial charge >= 0.3 is 5.97 Å². The number of esters is 1. The fourth-order valence-electron chi connectivity index (χ4n) is 3.26. The molecule has 1 amide bonds. The Morgan fingerprint density at radius 1 is 1.18 bits per heavy atom. The van der Waals surface area contributed by atoms with E-state index in [1.165, 1.54) is 12.5 Å². The molecule has 0 radical (unpaired) electrons. The molecule has 1 aliphatic carbocycles. The van der Waals surface area contributed by atoms with Crippen molar-refractivity contribution in [3.63, 3.8) is 0 Å². The van der Waals surface area contributed by atoms with Crippen LogP contribution in [0, 0.1) is 22.0 Å². The maximum Gasteiger partial charge on any atom is 0.338 e. The minimum Gasteiger partial charge on any atom is -0.465 e. The Kier molecular flexibility index (Phi) is 7.27. The summed E-state index contributed by atoms with van der Waals surface area (Å²) in [6.07, 6.45) is 3.29. The molecule has 9 nitrogen and oxygen atoms in total. The first kappa shape index (κ1) is 21.5. The maximum absolute atomic E-state index is 12.4. The number of ether oxygens (including phenoxy) is 1. The number of nitrogens with one attached hydrogen (secondary N) is 3. The molecule has 0 aliphatic heterocycles. The Hall–Kier alpha value is -2.75. The molecule has 1 aliphatic rings. The number of carbonyl (C=O) groups excluding carboxylic acids is 2. The highest BCUT2D eigenvalue weighted by atomic mass is 32.1. The number of carbonyl (C=O) groups is 2. The van der Waals surface area contributed by atoms with Crippen molar-refractivity contribution in [3.8, 4) is 0 Å². The van der Waals surface area contributed by atoms with Crippen LogP contribution in [-0.4, -0.2) is 35.1 Å². The van der Waals surface area contributed by atoms with Gasteiger partial charge in [0, 0.05) is 23.7 Å². The number of hydrogen-bond acceptors (Lipinski definition) is 6. The van der Waals surface area contributed by atoms with Gasteiger partial charge in [0.15, 0.2) is 5.11 Å². The molecule has 2 rings (SSSR count). The van der Waals surface area contributed by atoms with E-state index < -0.39 is 22.5 Å². The van der Waals surface area contributed by atoms with Gasteiger partial charge in [0.05, 0.1) is 17.6 Å². The lowest BCUT2D eigenvalue weighted by molar-refractivity contribution is -0.384. The van der Waals surface area contributed by atoms with Gasteiger partial charge in [-0.2, -0.15) is 0 Å². The van der Waals surface area contributed by atoms with Crippen molar-refractivity contribution in [3.05, 3.63) is 39.4 Å². The molecule has 1 saturated carbocycles. The number of rotatable bonds is 4. The molecular formula is C18H24N4O5S. The number of hydrogen-bond donors (Lipinski definition) is 3. The smallest absolute Gasteiger partial charge is 0.338 e. The molecule has 0 unspecified atom stereocenters. The van der Waals surface area contributed by atoms with Crippen LogP contribution >= 0.6 is 12.2 Å². The molecule has 10 heteroatoms. The average molecular weight is 408 g/mol. The third-order valence-electron chi connectivity index (χ3n) is 5.12. The Morgan fingerprint density at radius 3 is 2.50 bits per heavy atom. The molecule has 0 saturated heterocycles. The minimum atomic E-state index is -0.775. The third kappa shape index (κ3) is 5.38. The number of nitro benzene ring substituents is 1. The van der Waals surface area contributed by atoms with Crippen molar-refractivity contribution in [2.75, 3.05) is 7.11 Å². The summed E-state index contributed by atoms with van der Waals surface area (Å²) in [7, 11) is 1.15. The topological polar surface area (TPSA) is 123 Å². The van der Waals surface area contributed by atoms with Gasteiger partial charge in [-0.15, -0.1) is 0 Å². The fourth-order valence-corrected chi connectivity index (χ4v) is 3.46. The molecule has 0 aromatic heterocycles. The summed E-state index contributed by atoms with van der Waals surface area (Å²) < 4.78 is 4.57. The van der Waals surface area contributed by atoms with E-state index in [9.17, 15) is 19.7 Å². The summed E-state index contributed by atoms with van der Waals surface area (Å²) in [6, 6.07) is 3.56. The maximum atomic E-state index is 12.4. The summed E-state index contributed by atoms with van der Waals surface area (Å²) >= 11 is 5.23. The molecule has 0 spiro atoms. The van der Waals surface area contributed by atoms with Crippen molar-refractivity contribution >= 4 is 34.9 Å². The summed E-state index contributed by atoms with van der Waals surface area (Å²) in [6.45, 7) is 4.37. The van der Waals surface area contributed by atoms with Gasteiger partial charge in [0.1, 0.15) is 0 Å². The zero-order chi connectivity index (χ0) is 20.8. The van der Waals surface area contributed by atoms with Crippen molar-refractivity contribution in [1.82, 2.24) is 16.2 Å². The lowest BCUT2D eigenvalue weighted by Gasteiger charge is -2.35. The second kappa shape index (κ2) is 9.45. The van der Waals surface area contributed by atoms with Crippen LogP contribution < -0.4 is 16.2 Å². The van der Waals surface area contributed by atoms with Gasteiger partial charge < -0.3 is 10.1 Å². The highest BCUT2D eigenvalue weighted by Gasteiger charge is 2.27. The number of methoxy groups -OCH3 is 1. The van der Waals surface area contributed by atoms with Crippen LogP contribution in [-0.2, 0) is 4.74 Å². The molecule has 1 aromatic carbocycles. The summed E-state index contributed by atoms with van der Waals surface area (Å²) in [5.74, 6) is -0.403. The van der Waals surface area contributed by atoms with Crippen LogP contribution in [0.5, 0.6) is 0 Å². The van der Waals surface area contributed by atoms with E-state index in [2.05, 4.69) is 34.8 Å². The second-order valence-electron chi connectivity index (χ2n) is 6.94. The van der Waals surface area contributed by atoms with E-state index in [4.69, 9.17) is 12.2 Å². The van der Waals surface area contributed by atoms with Gasteiger partial charge in [0.2, 0.25) is 0 Å². The summed E-state index contributed by atoms with van der Waals surface area (Å²) in [5.41, 5.74) is 4.46. The van der Waals surface area contributed by atoms with Gasteiger partial charge in [-0.3, -0.25) is 25.8 Å². The number of nitro groups is 1. The van der Waals surface area contributed by atoms with Crippen LogP contribution in [0.2, 0.25) is 0 Å². The molecule has 3 N–H and O–H groups in total. The molecule has 152 valence electrons. The van der Waals surface area contributed by atoms with Crippen LogP contribution in [0.15, 0.2) is 18.2 Å². The van der Waals surface area contributed by atoms with Crippen LogP contribution in [0.1, 0.15) is 53.8 Å². The highest BCUT2D eigenvalue weighted by molar-refractivity contribution is 7.80. The fraction of sp³-hybridized carbons (Fsp3) is 0.500. The number of amides is 1. The SMILES string of the molecule is COC(=O)c1cc(C(=O)NNC(=S)N[C@@H]2CCC[C@H](C)[C@H]2C)cc([N+](=O)[O-])c1. The first-order valence-electron chi connectivity index (χ1n) is 8.97. The van der Waals surface area contributed by atoms with E-state index in [-0.39, 0.29) is 22.3 Å². The van der Waals surface area contributed by atoms with Crippen molar-refractivity contribution in [2.24, 2.45) is 11.8 Å². The molecule has 0 heterocycles. The van der Waals surface area contributed by atoms with E-state index in [0.717, 1.165) is 32.1 Å². The molecule has 1 aromatic rings. The lowest BCUT2D eigenvalue weighted by atomic mass is 9.78.